The number of rotatable bonds is 4. The molecule has 1 aliphatic rings. The fourth-order valence-corrected chi connectivity index (χ4v) is 3.32. The van der Waals surface area contributed by atoms with Crippen molar-refractivity contribution < 1.29 is 27.5 Å². The number of hydrogen-bond donors (Lipinski definition) is 1. The van der Waals surface area contributed by atoms with Crippen LogP contribution in [0.3, 0.4) is 0 Å². The number of hydrogen-bond acceptors (Lipinski definition) is 3. The fourth-order valence-electron chi connectivity index (χ4n) is 3.32. The Morgan fingerprint density at radius 2 is 1.89 bits per heavy atom. The summed E-state index contributed by atoms with van der Waals surface area (Å²) in [7, 11) is 1.60. The minimum absolute atomic E-state index is 0.0481. The van der Waals surface area contributed by atoms with Gasteiger partial charge in [0.15, 0.2) is 5.78 Å². The number of fused-ring (bicyclic) bond motifs is 1. The molecule has 1 heterocycles. The summed E-state index contributed by atoms with van der Waals surface area (Å²) in [4.78, 5) is 29.4. The molecule has 0 aliphatic heterocycles. The second kappa shape index (κ2) is 7.09. The smallest absolute Gasteiger partial charge is 0.406 e. The van der Waals surface area contributed by atoms with Crippen molar-refractivity contribution in [1.29, 1.82) is 0 Å². The number of alkyl halides is 3. The second-order valence-corrected chi connectivity index (χ2v) is 6.61. The predicted octanol–water partition coefficient (Wildman–Crippen LogP) is 4.01. The number of ketones is 1. The van der Waals surface area contributed by atoms with Crippen molar-refractivity contribution in [2.45, 2.75) is 39.1 Å². The van der Waals surface area contributed by atoms with Gasteiger partial charge in [0, 0.05) is 31.3 Å². The van der Waals surface area contributed by atoms with Crippen molar-refractivity contribution in [2.24, 2.45) is 0 Å². The van der Waals surface area contributed by atoms with E-state index in [2.05, 4.69) is 9.72 Å². The highest BCUT2D eigenvalue weighted by Gasteiger charge is 2.31. The Labute approximate surface area is 154 Å². The number of halogens is 3. The summed E-state index contributed by atoms with van der Waals surface area (Å²) in [5, 5.41) is 0. The molecular weight excluding hydrogens is 361 g/mol. The molecule has 0 radical (unpaired) electrons. The zero-order valence-corrected chi connectivity index (χ0v) is 14.9. The molecule has 0 bridgehead atoms. The quantitative estimate of drug-likeness (QED) is 0.872. The second-order valence-electron chi connectivity index (χ2n) is 6.61. The number of H-pyrrole nitrogens is 1. The van der Waals surface area contributed by atoms with Crippen molar-refractivity contribution >= 4 is 11.7 Å². The van der Waals surface area contributed by atoms with Gasteiger partial charge in [-0.15, -0.1) is 13.2 Å². The first-order chi connectivity index (χ1) is 12.7. The Bertz CT molecular complexity index is 870. The summed E-state index contributed by atoms with van der Waals surface area (Å²) in [6.45, 7) is 1.96. The molecule has 1 aliphatic carbocycles. The number of benzene rings is 1. The van der Waals surface area contributed by atoms with Gasteiger partial charge in [0.05, 0.1) is 0 Å². The van der Waals surface area contributed by atoms with Gasteiger partial charge < -0.3 is 14.6 Å². The molecule has 144 valence electrons. The molecule has 8 heteroatoms. The summed E-state index contributed by atoms with van der Waals surface area (Å²) >= 11 is 0. The Balaban J connectivity index is 1.72. The predicted molar refractivity (Wildman–Crippen MR) is 91.7 cm³/mol. The first-order valence-electron chi connectivity index (χ1n) is 8.50. The minimum Gasteiger partial charge on any atom is -0.406 e. The highest BCUT2D eigenvalue weighted by molar-refractivity contribution is 6.04. The molecule has 5 nitrogen and oxygen atoms in total. The van der Waals surface area contributed by atoms with Gasteiger partial charge in [-0.1, -0.05) is 12.1 Å². The molecular formula is C19H19F3N2O3. The molecule has 0 saturated carbocycles. The number of amides is 1. The van der Waals surface area contributed by atoms with Crippen LogP contribution < -0.4 is 4.74 Å². The summed E-state index contributed by atoms with van der Waals surface area (Å²) < 4.78 is 40.5. The van der Waals surface area contributed by atoms with Crippen LogP contribution in [0.4, 0.5) is 13.2 Å². The minimum atomic E-state index is -4.74. The lowest BCUT2D eigenvalue weighted by Crippen LogP contribution is -2.27. The van der Waals surface area contributed by atoms with Crippen molar-refractivity contribution in [3.8, 4) is 5.75 Å². The van der Waals surface area contributed by atoms with Gasteiger partial charge >= 0.3 is 6.36 Å². The van der Waals surface area contributed by atoms with Crippen LogP contribution in [0, 0.1) is 6.92 Å². The normalized spacial score (nSPS) is 14.0. The van der Waals surface area contributed by atoms with Crippen molar-refractivity contribution in [2.75, 3.05) is 7.05 Å². The Morgan fingerprint density at radius 1 is 1.22 bits per heavy atom. The molecule has 1 N–H and O–H groups in total. The van der Waals surface area contributed by atoms with Crippen LogP contribution in [-0.2, 0) is 13.0 Å². The maximum Gasteiger partial charge on any atom is 0.573 e. The molecule has 3 rings (SSSR count). The summed E-state index contributed by atoms with van der Waals surface area (Å²) in [5.41, 5.74) is 3.11. The van der Waals surface area contributed by atoms with Crippen LogP contribution in [0.2, 0.25) is 0 Å². The average Bonchev–Trinajstić information content (AvgIpc) is 2.92. The van der Waals surface area contributed by atoms with E-state index in [1.54, 1.807) is 14.0 Å². The van der Waals surface area contributed by atoms with E-state index in [9.17, 15) is 22.8 Å². The van der Waals surface area contributed by atoms with Gasteiger partial charge in [-0.2, -0.15) is 0 Å². The SMILES string of the molecule is Cc1c(C(=O)N(C)Cc2ccc(OC(F)(F)F)cc2)[nH]c2c1C(=O)CCC2. The summed E-state index contributed by atoms with van der Waals surface area (Å²) in [6.07, 6.45) is -2.75. The van der Waals surface area contributed by atoms with E-state index in [0.29, 0.717) is 28.8 Å². The first kappa shape index (κ1) is 19.0. The van der Waals surface area contributed by atoms with Crippen molar-refractivity contribution in [3.63, 3.8) is 0 Å². The number of Topliss-reactive ketones (excluding diaryl/α,β-unsaturated/α-hetero) is 1. The molecule has 0 atom stereocenters. The Morgan fingerprint density at radius 3 is 2.48 bits per heavy atom. The first-order valence-corrected chi connectivity index (χ1v) is 8.50. The molecule has 0 saturated heterocycles. The maximum atomic E-state index is 12.8. The zero-order valence-electron chi connectivity index (χ0n) is 14.9. The van der Waals surface area contributed by atoms with Crippen LogP contribution in [0.25, 0.3) is 0 Å². The molecule has 1 amide bonds. The third-order valence-electron chi connectivity index (χ3n) is 4.57. The van der Waals surface area contributed by atoms with E-state index in [0.717, 1.165) is 18.5 Å². The number of aromatic amines is 1. The average molecular weight is 380 g/mol. The van der Waals surface area contributed by atoms with E-state index >= 15 is 0 Å². The van der Waals surface area contributed by atoms with Gasteiger partial charge in [0.25, 0.3) is 5.91 Å². The largest absolute Gasteiger partial charge is 0.573 e. The van der Waals surface area contributed by atoms with E-state index in [4.69, 9.17) is 0 Å². The number of nitrogens with zero attached hydrogens (tertiary/aromatic N) is 1. The third kappa shape index (κ3) is 4.15. The topological polar surface area (TPSA) is 62.4 Å². The Hall–Kier alpha value is -2.77. The monoisotopic (exact) mass is 380 g/mol. The molecule has 1 aromatic heterocycles. The van der Waals surface area contributed by atoms with Gasteiger partial charge in [-0.25, -0.2) is 0 Å². The lowest BCUT2D eigenvalue weighted by molar-refractivity contribution is -0.274. The van der Waals surface area contributed by atoms with E-state index in [-0.39, 0.29) is 24.0 Å². The lowest BCUT2D eigenvalue weighted by Gasteiger charge is -2.17. The van der Waals surface area contributed by atoms with Crippen molar-refractivity contribution in [1.82, 2.24) is 9.88 Å². The lowest BCUT2D eigenvalue weighted by atomic mass is 9.94. The molecule has 1 aromatic carbocycles. The number of carbonyl (C=O) groups is 2. The Kier molecular flexibility index (Phi) is 4.99. The van der Waals surface area contributed by atoms with Crippen LogP contribution in [0.15, 0.2) is 24.3 Å². The molecule has 27 heavy (non-hydrogen) atoms. The van der Waals surface area contributed by atoms with E-state index in [1.165, 1.54) is 29.2 Å². The zero-order chi connectivity index (χ0) is 19.8. The van der Waals surface area contributed by atoms with E-state index < -0.39 is 6.36 Å². The summed E-state index contributed by atoms with van der Waals surface area (Å²) in [5.74, 6) is -0.538. The van der Waals surface area contributed by atoms with E-state index in [1.807, 2.05) is 0 Å². The highest BCUT2D eigenvalue weighted by Crippen LogP contribution is 2.27. The summed E-state index contributed by atoms with van der Waals surface area (Å²) in [6, 6.07) is 5.36. The fraction of sp³-hybridized carbons (Fsp3) is 0.368. The highest BCUT2D eigenvalue weighted by atomic mass is 19.4. The number of nitrogens with one attached hydrogen (secondary N) is 1. The molecule has 0 spiro atoms. The standard InChI is InChI=1S/C19H19F3N2O3/c1-11-16-14(4-3-5-15(16)25)23-17(11)18(26)24(2)10-12-6-8-13(9-7-12)27-19(20,21)22/h6-9,23H,3-5,10H2,1-2H3. The number of aryl methyl sites for hydroxylation is 1. The van der Waals surface area contributed by atoms with Gasteiger partial charge in [-0.3, -0.25) is 9.59 Å². The molecule has 0 fully saturated rings. The van der Waals surface area contributed by atoms with Crippen molar-refractivity contribution in [3.05, 3.63) is 52.3 Å². The van der Waals surface area contributed by atoms with Gasteiger partial charge in [0.2, 0.25) is 0 Å². The van der Waals surface area contributed by atoms with Gasteiger partial charge in [-0.05, 0) is 43.0 Å². The third-order valence-corrected chi connectivity index (χ3v) is 4.57. The molecule has 2 aromatic rings. The van der Waals surface area contributed by atoms with Crippen LogP contribution >= 0.6 is 0 Å². The maximum absolute atomic E-state index is 12.8. The number of ether oxygens (including phenoxy) is 1. The van der Waals surface area contributed by atoms with Gasteiger partial charge in [0.1, 0.15) is 11.4 Å². The number of carbonyl (C=O) groups excluding carboxylic acids is 2. The molecule has 0 unspecified atom stereocenters. The van der Waals surface area contributed by atoms with Crippen LogP contribution in [0.1, 0.15) is 50.5 Å². The van der Waals surface area contributed by atoms with Crippen LogP contribution in [0.5, 0.6) is 5.75 Å². The van der Waals surface area contributed by atoms with Crippen LogP contribution in [-0.4, -0.2) is 35.0 Å². The number of aromatic nitrogens is 1.